The van der Waals surface area contributed by atoms with Crippen molar-refractivity contribution in [1.29, 1.82) is 0 Å². The molecular formula is C21H20F3NO4. The van der Waals surface area contributed by atoms with Crippen LogP contribution >= 0.6 is 0 Å². The summed E-state index contributed by atoms with van der Waals surface area (Å²) in [6, 6.07) is 13.3. The number of amides is 1. The molecule has 1 amide bonds. The van der Waals surface area contributed by atoms with E-state index in [4.69, 9.17) is 4.74 Å². The Bertz CT molecular complexity index is 868. The minimum absolute atomic E-state index is 0.00610. The first-order valence-electron chi connectivity index (χ1n) is 9.10. The molecule has 1 aliphatic heterocycles. The van der Waals surface area contributed by atoms with Gasteiger partial charge in [0.05, 0.1) is 5.56 Å². The number of carboxylic acid groups (broad SMARTS) is 1. The Morgan fingerprint density at radius 3 is 2.28 bits per heavy atom. The average Bonchev–Trinajstić information content (AvgIpc) is 3.12. The molecule has 0 radical (unpaired) electrons. The summed E-state index contributed by atoms with van der Waals surface area (Å²) in [6.45, 7) is 0.215. The standard InChI is InChI=1S/C21H20F3NO4/c22-21(23,24)17-9-7-15(8-10-17)13-20(18(26)27)11-4-12-25(20)19(28)29-14-16-5-2-1-3-6-16/h1-3,5-10H,4,11-14H2,(H,26,27)/t20-/m1/s1. The summed E-state index contributed by atoms with van der Waals surface area (Å²) in [5.74, 6) is -1.20. The molecule has 1 atom stereocenters. The molecule has 1 saturated heterocycles. The normalized spacial score (nSPS) is 19.2. The predicted molar refractivity (Wildman–Crippen MR) is 98.1 cm³/mol. The lowest BCUT2D eigenvalue weighted by Gasteiger charge is -2.34. The Morgan fingerprint density at radius 1 is 1.03 bits per heavy atom. The van der Waals surface area contributed by atoms with Gasteiger partial charge in [-0.2, -0.15) is 13.2 Å². The molecule has 0 unspecified atom stereocenters. The van der Waals surface area contributed by atoms with E-state index in [-0.39, 0.29) is 26.0 Å². The number of hydrogen-bond acceptors (Lipinski definition) is 3. The number of aliphatic carboxylic acids is 1. The first kappa shape index (κ1) is 20.7. The van der Waals surface area contributed by atoms with Crippen LogP contribution in [0, 0.1) is 0 Å². The van der Waals surface area contributed by atoms with Crippen molar-refractivity contribution in [2.24, 2.45) is 0 Å². The summed E-state index contributed by atoms with van der Waals surface area (Å²) < 4.78 is 43.6. The van der Waals surface area contributed by atoms with Gasteiger partial charge in [0, 0.05) is 13.0 Å². The van der Waals surface area contributed by atoms with Gasteiger partial charge in [-0.05, 0) is 36.1 Å². The van der Waals surface area contributed by atoms with Crippen LogP contribution in [0.1, 0.15) is 29.5 Å². The third-order valence-electron chi connectivity index (χ3n) is 5.09. The fourth-order valence-corrected chi connectivity index (χ4v) is 3.57. The van der Waals surface area contributed by atoms with E-state index in [2.05, 4.69) is 0 Å². The zero-order chi connectivity index (χ0) is 21.1. The van der Waals surface area contributed by atoms with Gasteiger partial charge < -0.3 is 9.84 Å². The molecule has 29 heavy (non-hydrogen) atoms. The van der Waals surface area contributed by atoms with Gasteiger partial charge in [0.15, 0.2) is 0 Å². The van der Waals surface area contributed by atoms with E-state index in [1.807, 2.05) is 6.07 Å². The second kappa shape index (κ2) is 8.14. The van der Waals surface area contributed by atoms with Crippen LogP contribution in [0.3, 0.4) is 0 Å². The molecule has 0 bridgehead atoms. The lowest BCUT2D eigenvalue weighted by atomic mass is 9.88. The van der Waals surface area contributed by atoms with Crippen LogP contribution in [0.4, 0.5) is 18.0 Å². The molecule has 1 N–H and O–H groups in total. The highest BCUT2D eigenvalue weighted by Gasteiger charge is 2.50. The molecule has 0 aliphatic carbocycles. The SMILES string of the molecule is O=C(OCc1ccccc1)N1CCC[C@@]1(Cc1ccc(C(F)(F)F)cc1)C(=O)O. The summed E-state index contributed by atoms with van der Waals surface area (Å²) in [5.41, 5.74) is -1.18. The minimum atomic E-state index is -4.47. The third kappa shape index (κ3) is 4.52. The van der Waals surface area contributed by atoms with Crippen LogP contribution in [0.25, 0.3) is 0 Å². The molecule has 0 spiro atoms. The minimum Gasteiger partial charge on any atom is -0.479 e. The lowest BCUT2D eigenvalue weighted by Crippen LogP contribution is -2.54. The number of benzene rings is 2. The van der Waals surface area contributed by atoms with Crippen molar-refractivity contribution in [2.75, 3.05) is 6.54 Å². The van der Waals surface area contributed by atoms with Crippen LogP contribution in [0.15, 0.2) is 54.6 Å². The Hall–Kier alpha value is -3.03. The van der Waals surface area contributed by atoms with Crippen LogP contribution in [0.5, 0.6) is 0 Å². The van der Waals surface area contributed by atoms with Crippen molar-refractivity contribution >= 4 is 12.1 Å². The number of halogens is 3. The van der Waals surface area contributed by atoms with Crippen LogP contribution in [-0.2, 0) is 28.7 Å². The second-order valence-electron chi connectivity index (χ2n) is 7.00. The topological polar surface area (TPSA) is 66.8 Å². The highest BCUT2D eigenvalue weighted by atomic mass is 19.4. The number of carboxylic acids is 1. The summed E-state index contributed by atoms with van der Waals surface area (Å²) in [5, 5.41) is 9.88. The van der Waals surface area contributed by atoms with Crippen molar-refractivity contribution in [3.63, 3.8) is 0 Å². The van der Waals surface area contributed by atoms with Gasteiger partial charge in [-0.15, -0.1) is 0 Å². The largest absolute Gasteiger partial charge is 0.479 e. The van der Waals surface area contributed by atoms with E-state index in [0.717, 1.165) is 17.7 Å². The zero-order valence-electron chi connectivity index (χ0n) is 15.5. The number of likely N-dealkylation sites (tertiary alicyclic amines) is 1. The quantitative estimate of drug-likeness (QED) is 0.792. The van der Waals surface area contributed by atoms with E-state index in [1.54, 1.807) is 24.3 Å². The van der Waals surface area contributed by atoms with Gasteiger partial charge >= 0.3 is 18.2 Å². The predicted octanol–water partition coefficient (Wildman–Crippen LogP) is 4.50. The maximum absolute atomic E-state index is 12.8. The molecule has 0 saturated carbocycles. The summed E-state index contributed by atoms with van der Waals surface area (Å²) in [7, 11) is 0. The summed E-state index contributed by atoms with van der Waals surface area (Å²) >= 11 is 0. The Morgan fingerprint density at radius 2 is 1.69 bits per heavy atom. The maximum Gasteiger partial charge on any atom is 0.416 e. The first-order chi connectivity index (χ1) is 13.7. The van der Waals surface area contributed by atoms with Crippen molar-refractivity contribution in [3.05, 3.63) is 71.3 Å². The number of carbonyl (C=O) groups excluding carboxylic acids is 1. The van der Waals surface area contributed by atoms with Gasteiger partial charge in [0.25, 0.3) is 0 Å². The van der Waals surface area contributed by atoms with Crippen molar-refractivity contribution in [1.82, 2.24) is 4.90 Å². The average molecular weight is 407 g/mol. The highest BCUT2D eigenvalue weighted by molar-refractivity contribution is 5.85. The Kier molecular flexibility index (Phi) is 5.81. The molecule has 8 heteroatoms. The van der Waals surface area contributed by atoms with Gasteiger partial charge in [0.2, 0.25) is 0 Å². The van der Waals surface area contributed by atoms with Crippen LogP contribution < -0.4 is 0 Å². The van der Waals surface area contributed by atoms with Crippen LogP contribution in [-0.4, -0.2) is 34.2 Å². The molecule has 2 aromatic rings. The van der Waals surface area contributed by atoms with E-state index in [0.29, 0.717) is 12.0 Å². The fraction of sp³-hybridized carbons (Fsp3) is 0.333. The fourth-order valence-electron chi connectivity index (χ4n) is 3.57. The number of hydrogen-bond donors (Lipinski definition) is 1. The summed E-state index contributed by atoms with van der Waals surface area (Å²) in [4.78, 5) is 25.9. The number of rotatable bonds is 5. The van der Waals surface area contributed by atoms with Crippen molar-refractivity contribution < 1.29 is 32.6 Å². The Labute approximate surface area is 165 Å². The van der Waals surface area contributed by atoms with Crippen molar-refractivity contribution in [3.8, 4) is 0 Å². The monoisotopic (exact) mass is 407 g/mol. The summed E-state index contributed by atoms with van der Waals surface area (Å²) in [6.07, 6.45) is -4.65. The number of ether oxygens (including phenoxy) is 1. The van der Waals surface area contributed by atoms with E-state index >= 15 is 0 Å². The van der Waals surface area contributed by atoms with Gasteiger partial charge in [-0.3, -0.25) is 4.90 Å². The Balaban J connectivity index is 1.77. The lowest BCUT2D eigenvalue weighted by molar-refractivity contribution is -0.149. The van der Waals surface area contributed by atoms with Gasteiger partial charge in [-0.25, -0.2) is 9.59 Å². The van der Waals surface area contributed by atoms with E-state index in [9.17, 15) is 27.9 Å². The van der Waals surface area contributed by atoms with Crippen molar-refractivity contribution in [2.45, 2.75) is 37.6 Å². The molecular weight excluding hydrogens is 387 g/mol. The molecule has 0 aromatic heterocycles. The number of carbonyl (C=O) groups is 2. The molecule has 5 nitrogen and oxygen atoms in total. The highest BCUT2D eigenvalue weighted by Crippen LogP contribution is 2.35. The molecule has 2 aromatic carbocycles. The maximum atomic E-state index is 12.8. The van der Waals surface area contributed by atoms with Gasteiger partial charge in [-0.1, -0.05) is 42.5 Å². The smallest absolute Gasteiger partial charge is 0.416 e. The zero-order valence-corrected chi connectivity index (χ0v) is 15.5. The molecule has 3 rings (SSSR count). The van der Waals surface area contributed by atoms with E-state index in [1.165, 1.54) is 17.0 Å². The van der Waals surface area contributed by atoms with Gasteiger partial charge in [0.1, 0.15) is 12.1 Å². The first-order valence-corrected chi connectivity index (χ1v) is 9.10. The van der Waals surface area contributed by atoms with Crippen LogP contribution in [0.2, 0.25) is 0 Å². The third-order valence-corrected chi connectivity index (χ3v) is 5.09. The van der Waals surface area contributed by atoms with E-state index < -0.39 is 29.3 Å². The number of nitrogens with zero attached hydrogens (tertiary/aromatic N) is 1. The molecule has 1 fully saturated rings. The number of alkyl halides is 3. The second-order valence-corrected chi connectivity index (χ2v) is 7.00. The molecule has 154 valence electrons. The molecule has 1 aliphatic rings. The molecule has 1 heterocycles.